The molecule has 0 bridgehead atoms. The van der Waals surface area contributed by atoms with Crippen LogP contribution >= 0.6 is 0 Å². The Morgan fingerprint density at radius 3 is 2.55 bits per heavy atom. The summed E-state index contributed by atoms with van der Waals surface area (Å²) in [5.74, 6) is 1.12. The molecule has 0 N–H and O–H groups in total. The number of hydrogen-bond donors (Lipinski definition) is 0. The van der Waals surface area contributed by atoms with E-state index < -0.39 is 0 Å². The molecule has 0 aliphatic carbocycles. The summed E-state index contributed by atoms with van der Waals surface area (Å²) in [5, 5.41) is 0.990. The highest BCUT2D eigenvalue weighted by molar-refractivity contribution is 5.85. The predicted octanol–water partition coefficient (Wildman–Crippen LogP) is 4.95. The number of fused-ring (bicyclic) bond motifs is 1. The van der Waals surface area contributed by atoms with Crippen LogP contribution in [0.1, 0.15) is 15.9 Å². The number of carbonyl (C=O) groups excluding carboxylic acids is 2. The highest BCUT2D eigenvalue weighted by Crippen LogP contribution is 2.30. The molecule has 0 fully saturated rings. The zero-order valence-corrected chi connectivity index (χ0v) is 17.4. The van der Waals surface area contributed by atoms with Crippen molar-refractivity contribution in [3.8, 4) is 11.6 Å². The first-order valence-corrected chi connectivity index (χ1v) is 10.2. The minimum atomic E-state index is 0.00350. The van der Waals surface area contributed by atoms with E-state index in [1.165, 1.54) is 5.56 Å². The van der Waals surface area contributed by atoms with Crippen molar-refractivity contribution in [2.24, 2.45) is 0 Å². The van der Waals surface area contributed by atoms with Crippen molar-refractivity contribution in [3.05, 3.63) is 96.1 Å². The summed E-state index contributed by atoms with van der Waals surface area (Å²) in [6.07, 6.45) is 1.59. The molecule has 3 aromatic carbocycles. The number of likely N-dealkylation sites (N-methyl/N-ethyl adjacent to an activating group) is 1. The maximum atomic E-state index is 13.0. The van der Waals surface area contributed by atoms with Crippen LogP contribution in [0.4, 0.5) is 0 Å². The minimum Gasteiger partial charge on any atom is -0.441 e. The molecule has 156 valence electrons. The van der Waals surface area contributed by atoms with Crippen molar-refractivity contribution in [2.45, 2.75) is 13.0 Å². The Morgan fingerprint density at radius 1 is 0.968 bits per heavy atom. The Kier molecular flexibility index (Phi) is 6.13. The molecule has 0 aliphatic rings. The van der Waals surface area contributed by atoms with E-state index in [4.69, 9.17) is 4.74 Å². The van der Waals surface area contributed by atoms with Crippen LogP contribution in [0.25, 0.3) is 10.9 Å². The summed E-state index contributed by atoms with van der Waals surface area (Å²) in [7, 11) is 1.82. The normalized spacial score (nSPS) is 10.7. The Morgan fingerprint density at radius 2 is 1.74 bits per heavy atom. The van der Waals surface area contributed by atoms with E-state index in [-0.39, 0.29) is 12.5 Å². The van der Waals surface area contributed by atoms with Gasteiger partial charge in [0.15, 0.2) is 0 Å². The first-order valence-electron chi connectivity index (χ1n) is 10.2. The van der Waals surface area contributed by atoms with Gasteiger partial charge in [-0.15, -0.1) is 0 Å². The zero-order chi connectivity index (χ0) is 21.6. The van der Waals surface area contributed by atoms with Gasteiger partial charge in [-0.2, -0.15) is 0 Å². The summed E-state index contributed by atoms with van der Waals surface area (Å²) in [6, 6.07) is 26.9. The van der Waals surface area contributed by atoms with Gasteiger partial charge >= 0.3 is 0 Å². The monoisotopic (exact) mass is 412 g/mol. The van der Waals surface area contributed by atoms with E-state index in [9.17, 15) is 9.59 Å². The maximum absolute atomic E-state index is 13.0. The summed E-state index contributed by atoms with van der Waals surface area (Å²) >= 11 is 0. The average molecular weight is 412 g/mol. The lowest BCUT2D eigenvalue weighted by Crippen LogP contribution is -2.32. The number of amides is 1. The molecule has 1 aromatic heterocycles. The third-order valence-electron chi connectivity index (χ3n) is 5.29. The molecule has 0 saturated heterocycles. The lowest BCUT2D eigenvalue weighted by molar-refractivity contribution is -0.130. The van der Waals surface area contributed by atoms with Gasteiger partial charge in [-0.3, -0.25) is 9.59 Å². The van der Waals surface area contributed by atoms with Gasteiger partial charge in [0, 0.05) is 30.6 Å². The number of rotatable bonds is 8. The number of nitrogens with zero attached hydrogens (tertiary/aromatic N) is 2. The summed E-state index contributed by atoms with van der Waals surface area (Å²) in [5.41, 5.74) is 2.67. The lowest BCUT2D eigenvalue weighted by Gasteiger charge is -2.19. The van der Waals surface area contributed by atoms with Crippen molar-refractivity contribution >= 4 is 23.1 Å². The molecule has 1 heterocycles. The summed E-state index contributed by atoms with van der Waals surface area (Å²) < 4.78 is 7.96. The number of ether oxygens (including phenoxy) is 1. The van der Waals surface area contributed by atoms with Gasteiger partial charge in [0.2, 0.25) is 11.8 Å². The minimum absolute atomic E-state index is 0.00350. The van der Waals surface area contributed by atoms with Crippen LogP contribution in [0.3, 0.4) is 0 Å². The molecule has 0 unspecified atom stereocenters. The van der Waals surface area contributed by atoms with Crippen LogP contribution in [0.15, 0.2) is 84.9 Å². The van der Waals surface area contributed by atoms with Crippen LogP contribution in [0, 0.1) is 0 Å². The van der Waals surface area contributed by atoms with Crippen molar-refractivity contribution < 1.29 is 14.3 Å². The largest absolute Gasteiger partial charge is 0.441 e. The number of aromatic nitrogens is 1. The maximum Gasteiger partial charge on any atom is 0.242 e. The third kappa shape index (κ3) is 4.83. The summed E-state index contributed by atoms with van der Waals surface area (Å²) in [4.78, 5) is 25.8. The quantitative estimate of drug-likeness (QED) is 0.385. The van der Waals surface area contributed by atoms with Crippen molar-refractivity contribution in [2.75, 3.05) is 13.6 Å². The fourth-order valence-electron chi connectivity index (χ4n) is 3.53. The highest BCUT2D eigenvalue weighted by Gasteiger charge is 2.16. The Bertz CT molecular complexity index is 1200. The number of benzene rings is 3. The third-order valence-corrected chi connectivity index (χ3v) is 5.29. The van der Waals surface area contributed by atoms with E-state index in [0.717, 1.165) is 23.6 Å². The average Bonchev–Trinajstić information content (AvgIpc) is 3.15. The molecule has 0 saturated carbocycles. The van der Waals surface area contributed by atoms with Crippen LogP contribution in [-0.2, 0) is 17.8 Å². The molecule has 4 rings (SSSR count). The van der Waals surface area contributed by atoms with Gasteiger partial charge in [-0.25, -0.2) is 0 Å². The van der Waals surface area contributed by atoms with Crippen molar-refractivity contribution in [1.82, 2.24) is 9.47 Å². The van der Waals surface area contributed by atoms with Gasteiger partial charge in [-0.1, -0.05) is 60.7 Å². The molecule has 5 heteroatoms. The number of hydrogen-bond acceptors (Lipinski definition) is 3. The molecule has 0 aliphatic heterocycles. The second-order valence-corrected chi connectivity index (χ2v) is 7.47. The van der Waals surface area contributed by atoms with E-state index in [1.807, 2.05) is 60.1 Å². The molecular formula is C26H24N2O3. The zero-order valence-electron chi connectivity index (χ0n) is 17.4. The number of para-hydroxylation sites is 1. The molecular weight excluding hydrogens is 388 g/mol. The molecule has 1 amide bonds. The second kappa shape index (κ2) is 9.30. The molecule has 0 radical (unpaired) electrons. The van der Waals surface area contributed by atoms with E-state index >= 15 is 0 Å². The van der Waals surface area contributed by atoms with Gasteiger partial charge in [0.05, 0.1) is 5.52 Å². The van der Waals surface area contributed by atoms with Crippen LogP contribution in [-0.4, -0.2) is 35.3 Å². The Labute approximate surface area is 181 Å². The van der Waals surface area contributed by atoms with Gasteiger partial charge in [0.1, 0.15) is 18.6 Å². The number of carbonyl (C=O) groups is 2. The summed E-state index contributed by atoms with van der Waals surface area (Å²) in [6.45, 7) is 0.807. The molecule has 0 atom stereocenters. The topological polar surface area (TPSA) is 51.5 Å². The van der Waals surface area contributed by atoms with Crippen molar-refractivity contribution in [3.63, 3.8) is 0 Å². The standard InChI is InChI=1S/C26H24N2O3/c1-27(15-14-20-8-3-2-4-9-20)25(30)18-28-24-13-6-5-11-22(24)17-26(28)31-23-12-7-10-21(16-23)19-29/h2-13,16-17,19H,14-15,18H2,1H3. The second-order valence-electron chi connectivity index (χ2n) is 7.47. The molecule has 31 heavy (non-hydrogen) atoms. The van der Waals surface area contributed by atoms with E-state index in [2.05, 4.69) is 12.1 Å². The molecule has 4 aromatic rings. The Hall–Kier alpha value is -3.86. The first-order chi connectivity index (χ1) is 15.1. The fourth-order valence-corrected chi connectivity index (χ4v) is 3.53. The smallest absolute Gasteiger partial charge is 0.242 e. The molecule has 0 spiro atoms. The fraction of sp³-hybridized carbons (Fsp3) is 0.154. The van der Waals surface area contributed by atoms with E-state index in [1.54, 1.807) is 29.2 Å². The predicted molar refractivity (Wildman–Crippen MR) is 122 cm³/mol. The van der Waals surface area contributed by atoms with Gasteiger partial charge in [-0.05, 0) is 30.2 Å². The van der Waals surface area contributed by atoms with E-state index in [0.29, 0.717) is 23.7 Å². The van der Waals surface area contributed by atoms with Gasteiger partial charge < -0.3 is 14.2 Å². The van der Waals surface area contributed by atoms with Crippen LogP contribution in [0.2, 0.25) is 0 Å². The van der Waals surface area contributed by atoms with Gasteiger partial charge in [0.25, 0.3) is 0 Å². The lowest BCUT2D eigenvalue weighted by atomic mass is 10.1. The van der Waals surface area contributed by atoms with Crippen LogP contribution < -0.4 is 4.74 Å². The highest BCUT2D eigenvalue weighted by atomic mass is 16.5. The van der Waals surface area contributed by atoms with Crippen molar-refractivity contribution in [1.29, 1.82) is 0 Å². The SMILES string of the molecule is CN(CCc1ccccc1)C(=O)Cn1c(Oc2cccc(C=O)c2)cc2ccccc21. The molecule has 5 nitrogen and oxygen atoms in total. The Balaban J connectivity index is 1.54. The van der Waals surface area contributed by atoms with Crippen LogP contribution in [0.5, 0.6) is 11.6 Å². The first kappa shape index (κ1) is 20.4. The number of aldehydes is 1.